The topological polar surface area (TPSA) is 94.2 Å². The van der Waals surface area contributed by atoms with Gasteiger partial charge < -0.3 is 24.4 Å². The number of hydrogen-bond acceptors (Lipinski definition) is 7. The fourth-order valence-electron chi connectivity index (χ4n) is 7.79. The second-order valence-electron chi connectivity index (χ2n) is 18.6. The van der Waals surface area contributed by atoms with Gasteiger partial charge in [0, 0.05) is 25.9 Å². The average Bonchev–Trinajstić information content (AvgIpc) is 3.19. The minimum atomic E-state index is -0.509. The summed E-state index contributed by atoms with van der Waals surface area (Å²) in [7, 11) is 0. The summed E-state index contributed by atoms with van der Waals surface area (Å²) in [5, 5.41) is 2.93. The molecule has 0 aliphatic heterocycles. The van der Waals surface area contributed by atoms with Crippen molar-refractivity contribution in [1.82, 2.24) is 10.2 Å². The fraction of sp³-hybridized carbons (Fsp3) is 0.941. The van der Waals surface area contributed by atoms with Crippen molar-refractivity contribution < 1.29 is 28.6 Å². The number of carbonyl (C=O) groups excluding carboxylic acids is 3. The molecule has 0 aromatic rings. The zero-order valence-corrected chi connectivity index (χ0v) is 40.4. The molecule has 0 heterocycles. The Balaban J connectivity index is 4.53. The highest BCUT2D eigenvalue weighted by Gasteiger charge is 2.17. The zero-order chi connectivity index (χ0) is 43.7. The first kappa shape index (κ1) is 57.2. The molecule has 1 amide bonds. The van der Waals surface area contributed by atoms with Crippen molar-refractivity contribution in [2.45, 2.75) is 285 Å². The van der Waals surface area contributed by atoms with Gasteiger partial charge in [-0.3, -0.25) is 9.59 Å². The normalized spacial score (nSPS) is 12.3. The van der Waals surface area contributed by atoms with E-state index in [0.29, 0.717) is 19.4 Å². The van der Waals surface area contributed by atoms with E-state index >= 15 is 0 Å². The van der Waals surface area contributed by atoms with Gasteiger partial charge in [-0.2, -0.15) is 0 Å². The van der Waals surface area contributed by atoms with Crippen LogP contribution in [0.3, 0.4) is 0 Å². The van der Waals surface area contributed by atoms with Crippen molar-refractivity contribution in [2.75, 3.05) is 26.2 Å². The van der Waals surface area contributed by atoms with Crippen LogP contribution in [0.5, 0.6) is 0 Å². The molecule has 0 radical (unpaired) electrons. The van der Waals surface area contributed by atoms with Crippen LogP contribution >= 0.6 is 0 Å². The Morgan fingerprint density at radius 2 is 0.814 bits per heavy atom. The van der Waals surface area contributed by atoms with Gasteiger partial charge in [0.15, 0.2) is 0 Å². The van der Waals surface area contributed by atoms with Crippen LogP contribution in [0.2, 0.25) is 0 Å². The maximum absolute atomic E-state index is 12.8. The summed E-state index contributed by atoms with van der Waals surface area (Å²) in [6.45, 7) is 17.9. The number of carbonyl (C=O) groups is 3. The molecule has 0 aliphatic carbocycles. The maximum atomic E-state index is 12.8. The number of alkyl carbamates (subject to hydrolysis) is 1. The first-order valence-corrected chi connectivity index (χ1v) is 25.6. The monoisotopic (exact) mass is 837 g/mol. The van der Waals surface area contributed by atoms with Gasteiger partial charge in [-0.25, -0.2) is 4.79 Å². The third kappa shape index (κ3) is 41.3. The van der Waals surface area contributed by atoms with Gasteiger partial charge in [-0.05, 0) is 104 Å². The molecular formula is C51H100N2O6. The van der Waals surface area contributed by atoms with Crippen LogP contribution < -0.4 is 5.32 Å². The lowest BCUT2D eigenvalue weighted by molar-refractivity contribution is -0.150. The van der Waals surface area contributed by atoms with Crippen molar-refractivity contribution in [1.29, 1.82) is 0 Å². The molecule has 1 atom stereocenters. The quantitative estimate of drug-likeness (QED) is 0.0371. The Bertz CT molecular complexity index is 937. The van der Waals surface area contributed by atoms with Crippen LogP contribution in [0, 0.1) is 0 Å². The number of ether oxygens (including phenoxy) is 3. The molecular weight excluding hydrogens is 737 g/mol. The summed E-state index contributed by atoms with van der Waals surface area (Å²) in [5.74, 6) is -0.0304. The van der Waals surface area contributed by atoms with Gasteiger partial charge in [0.25, 0.3) is 0 Å². The van der Waals surface area contributed by atoms with E-state index in [1.807, 2.05) is 20.8 Å². The lowest BCUT2D eigenvalue weighted by atomic mass is 10.0. The van der Waals surface area contributed by atoms with Crippen LogP contribution in [0.1, 0.15) is 267 Å². The van der Waals surface area contributed by atoms with E-state index in [-0.39, 0.29) is 30.2 Å². The molecule has 0 aliphatic rings. The third-order valence-corrected chi connectivity index (χ3v) is 11.5. The summed E-state index contributed by atoms with van der Waals surface area (Å²) in [4.78, 5) is 40.0. The van der Waals surface area contributed by atoms with Gasteiger partial charge >= 0.3 is 18.0 Å². The summed E-state index contributed by atoms with van der Waals surface area (Å²) < 4.78 is 17.3. The van der Waals surface area contributed by atoms with Crippen molar-refractivity contribution >= 4 is 18.0 Å². The SMILES string of the molecule is CCCCCCCCC(CC)OC(=O)CCCCCCCN(CCCCCCCC(=O)OC(CCCCCCCC)CCCCCCCC)CCNC(=O)OC(C)(C)C. The standard InChI is InChI=1S/C51H100N2O6/c1-8-12-15-18-23-30-37-46(11-4)57-48(54)40-33-26-21-28-35-43-53(45-42-52-50(56)59-51(5,6)7)44-36-29-22-27-34-41-49(55)58-47(38-31-24-19-16-13-9-2)39-32-25-20-17-14-10-3/h46-47H,8-45H2,1-7H3,(H,52,56). The van der Waals surface area contributed by atoms with Crippen molar-refractivity contribution in [3.8, 4) is 0 Å². The van der Waals surface area contributed by atoms with E-state index in [0.717, 1.165) is 116 Å². The molecule has 0 bridgehead atoms. The number of nitrogens with one attached hydrogen (secondary N) is 1. The molecule has 1 unspecified atom stereocenters. The summed E-state index contributed by atoms with van der Waals surface area (Å²) in [5.41, 5.74) is -0.509. The Kier molecular flexibility index (Phi) is 40.2. The number of esters is 2. The Hall–Kier alpha value is -1.83. The molecule has 0 aromatic heterocycles. The number of unbranched alkanes of at least 4 members (excludes halogenated alkanes) is 23. The van der Waals surface area contributed by atoms with Gasteiger partial charge in [0.1, 0.15) is 17.8 Å². The van der Waals surface area contributed by atoms with E-state index in [4.69, 9.17) is 14.2 Å². The highest BCUT2D eigenvalue weighted by atomic mass is 16.6. The molecule has 0 fully saturated rings. The average molecular weight is 837 g/mol. The maximum Gasteiger partial charge on any atom is 0.407 e. The van der Waals surface area contributed by atoms with E-state index < -0.39 is 5.60 Å². The molecule has 8 nitrogen and oxygen atoms in total. The molecule has 8 heteroatoms. The molecule has 0 aromatic carbocycles. The highest BCUT2D eigenvalue weighted by Crippen LogP contribution is 2.19. The van der Waals surface area contributed by atoms with Gasteiger partial charge in [-0.1, -0.05) is 163 Å². The zero-order valence-electron chi connectivity index (χ0n) is 40.4. The van der Waals surface area contributed by atoms with Crippen LogP contribution in [0.4, 0.5) is 4.79 Å². The largest absolute Gasteiger partial charge is 0.462 e. The molecule has 0 saturated heterocycles. The van der Waals surface area contributed by atoms with Gasteiger partial charge in [0.2, 0.25) is 0 Å². The number of amides is 1. The van der Waals surface area contributed by atoms with Crippen molar-refractivity contribution in [3.05, 3.63) is 0 Å². The Morgan fingerprint density at radius 3 is 1.22 bits per heavy atom. The Morgan fingerprint density at radius 1 is 0.458 bits per heavy atom. The van der Waals surface area contributed by atoms with Crippen LogP contribution in [-0.2, 0) is 23.8 Å². The summed E-state index contributed by atoms with van der Waals surface area (Å²) in [6, 6.07) is 0. The van der Waals surface area contributed by atoms with E-state index in [1.54, 1.807) is 0 Å². The van der Waals surface area contributed by atoms with E-state index in [2.05, 4.69) is 37.9 Å². The number of rotatable bonds is 43. The highest BCUT2D eigenvalue weighted by molar-refractivity contribution is 5.69. The predicted octanol–water partition coefficient (Wildman–Crippen LogP) is 15.0. The summed E-state index contributed by atoms with van der Waals surface area (Å²) >= 11 is 0. The van der Waals surface area contributed by atoms with Crippen LogP contribution in [0.25, 0.3) is 0 Å². The summed E-state index contributed by atoms with van der Waals surface area (Å²) in [6.07, 6.45) is 38.3. The first-order valence-electron chi connectivity index (χ1n) is 25.6. The van der Waals surface area contributed by atoms with Gasteiger partial charge in [-0.15, -0.1) is 0 Å². The number of nitrogens with zero attached hydrogens (tertiary/aromatic N) is 1. The molecule has 1 N–H and O–H groups in total. The first-order chi connectivity index (χ1) is 28.5. The molecule has 0 saturated carbocycles. The molecule has 0 rings (SSSR count). The van der Waals surface area contributed by atoms with Crippen LogP contribution in [-0.4, -0.2) is 66.9 Å². The lowest BCUT2D eigenvalue weighted by Crippen LogP contribution is -2.38. The minimum Gasteiger partial charge on any atom is -0.462 e. The fourth-order valence-corrected chi connectivity index (χ4v) is 7.79. The molecule has 350 valence electrons. The smallest absolute Gasteiger partial charge is 0.407 e. The van der Waals surface area contributed by atoms with Crippen LogP contribution in [0.15, 0.2) is 0 Å². The van der Waals surface area contributed by atoms with E-state index in [1.165, 1.54) is 109 Å². The molecule has 0 spiro atoms. The predicted molar refractivity (Wildman–Crippen MR) is 250 cm³/mol. The number of hydrogen-bond donors (Lipinski definition) is 1. The van der Waals surface area contributed by atoms with Crippen molar-refractivity contribution in [2.24, 2.45) is 0 Å². The second kappa shape index (κ2) is 41.5. The third-order valence-electron chi connectivity index (χ3n) is 11.5. The van der Waals surface area contributed by atoms with Gasteiger partial charge in [0.05, 0.1) is 0 Å². The second-order valence-corrected chi connectivity index (χ2v) is 18.6. The minimum absolute atomic E-state index is 0.000467. The Labute approximate surface area is 366 Å². The van der Waals surface area contributed by atoms with E-state index in [9.17, 15) is 14.4 Å². The van der Waals surface area contributed by atoms with Crippen molar-refractivity contribution in [3.63, 3.8) is 0 Å². The lowest BCUT2D eigenvalue weighted by Gasteiger charge is -2.24. The molecule has 59 heavy (non-hydrogen) atoms.